The topological polar surface area (TPSA) is 17.1 Å². The summed E-state index contributed by atoms with van der Waals surface area (Å²) >= 11 is 7.44. The van der Waals surface area contributed by atoms with Crippen LogP contribution in [-0.4, -0.2) is 5.78 Å². The standard InChI is InChI=1S/C12H9ClOS/c1-8-7-15-12(10(8)13)11(14)9-5-3-2-4-6-9/h2-7H,1H3. The van der Waals surface area contributed by atoms with Gasteiger partial charge in [0.2, 0.25) is 5.78 Å². The Hall–Kier alpha value is -1.12. The zero-order valence-corrected chi connectivity index (χ0v) is 9.73. The maximum absolute atomic E-state index is 12.0. The molecule has 0 spiro atoms. The first-order chi connectivity index (χ1) is 7.20. The van der Waals surface area contributed by atoms with Crippen LogP contribution in [0.4, 0.5) is 0 Å². The second kappa shape index (κ2) is 4.17. The second-order valence-electron chi connectivity index (χ2n) is 3.26. The quantitative estimate of drug-likeness (QED) is 0.722. The van der Waals surface area contributed by atoms with Crippen molar-refractivity contribution in [2.45, 2.75) is 6.92 Å². The van der Waals surface area contributed by atoms with Crippen LogP contribution in [0.1, 0.15) is 20.8 Å². The van der Waals surface area contributed by atoms with Gasteiger partial charge in [-0.3, -0.25) is 4.79 Å². The molecule has 1 heterocycles. The van der Waals surface area contributed by atoms with Crippen molar-refractivity contribution in [3.05, 3.63) is 56.7 Å². The van der Waals surface area contributed by atoms with Gasteiger partial charge in [-0.1, -0.05) is 41.9 Å². The van der Waals surface area contributed by atoms with E-state index in [1.54, 1.807) is 12.1 Å². The van der Waals surface area contributed by atoms with Gasteiger partial charge in [0.1, 0.15) is 0 Å². The number of benzene rings is 1. The molecular weight excluding hydrogens is 228 g/mol. The van der Waals surface area contributed by atoms with Gasteiger partial charge in [-0.25, -0.2) is 0 Å². The van der Waals surface area contributed by atoms with E-state index in [1.165, 1.54) is 11.3 Å². The van der Waals surface area contributed by atoms with E-state index in [-0.39, 0.29) is 5.78 Å². The molecule has 2 rings (SSSR count). The Bertz CT molecular complexity index is 488. The fraction of sp³-hybridized carbons (Fsp3) is 0.0833. The Balaban J connectivity index is 2.42. The van der Waals surface area contributed by atoms with Crippen LogP contribution in [0.25, 0.3) is 0 Å². The molecule has 0 saturated heterocycles. The molecule has 1 aromatic carbocycles. The predicted octanol–water partition coefficient (Wildman–Crippen LogP) is 3.94. The average molecular weight is 237 g/mol. The highest BCUT2D eigenvalue weighted by Gasteiger charge is 2.15. The maximum atomic E-state index is 12.0. The summed E-state index contributed by atoms with van der Waals surface area (Å²) in [6.45, 7) is 1.90. The van der Waals surface area contributed by atoms with Gasteiger partial charge < -0.3 is 0 Å². The van der Waals surface area contributed by atoms with Gasteiger partial charge in [0.15, 0.2) is 0 Å². The number of carbonyl (C=O) groups excluding carboxylic acids is 1. The fourth-order valence-electron chi connectivity index (χ4n) is 1.30. The molecule has 76 valence electrons. The summed E-state index contributed by atoms with van der Waals surface area (Å²) in [5.41, 5.74) is 1.64. The van der Waals surface area contributed by atoms with E-state index in [0.29, 0.717) is 15.5 Å². The van der Waals surface area contributed by atoms with Crippen molar-refractivity contribution in [2.75, 3.05) is 0 Å². The van der Waals surface area contributed by atoms with Gasteiger partial charge in [-0.05, 0) is 17.9 Å². The summed E-state index contributed by atoms with van der Waals surface area (Å²) in [5, 5.41) is 2.48. The van der Waals surface area contributed by atoms with Crippen molar-refractivity contribution in [1.29, 1.82) is 0 Å². The van der Waals surface area contributed by atoms with Gasteiger partial charge in [-0.2, -0.15) is 0 Å². The number of rotatable bonds is 2. The Morgan fingerprint density at radius 1 is 1.27 bits per heavy atom. The highest BCUT2D eigenvalue weighted by Crippen LogP contribution is 2.29. The lowest BCUT2D eigenvalue weighted by Gasteiger charge is -1.98. The van der Waals surface area contributed by atoms with Gasteiger partial charge in [0.25, 0.3) is 0 Å². The summed E-state index contributed by atoms with van der Waals surface area (Å²) in [5.74, 6) is -0.00120. The Labute approximate surface area is 97.3 Å². The molecule has 0 aliphatic heterocycles. The van der Waals surface area contributed by atoms with Gasteiger partial charge in [0, 0.05) is 5.56 Å². The average Bonchev–Trinajstić information content (AvgIpc) is 2.60. The zero-order chi connectivity index (χ0) is 10.8. The molecular formula is C12H9ClOS. The summed E-state index contributed by atoms with van der Waals surface area (Å²) < 4.78 is 0. The minimum Gasteiger partial charge on any atom is -0.288 e. The SMILES string of the molecule is Cc1csc(C(=O)c2ccccc2)c1Cl. The molecule has 3 heteroatoms. The summed E-state index contributed by atoms with van der Waals surface area (Å²) in [6.07, 6.45) is 0. The lowest BCUT2D eigenvalue weighted by Crippen LogP contribution is -1.98. The minimum absolute atomic E-state index is 0.00120. The Morgan fingerprint density at radius 2 is 1.93 bits per heavy atom. The van der Waals surface area contributed by atoms with E-state index in [1.807, 2.05) is 30.5 Å². The van der Waals surface area contributed by atoms with Crippen LogP contribution in [0.3, 0.4) is 0 Å². The first-order valence-electron chi connectivity index (χ1n) is 4.53. The third-order valence-electron chi connectivity index (χ3n) is 2.14. The first kappa shape index (κ1) is 10.4. The molecule has 0 unspecified atom stereocenters. The van der Waals surface area contributed by atoms with E-state index in [2.05, 4.69) is 0 Å². The second-order valence-corrected chi connectivity index (χ2v) is 4.51. The van der Waals surface area contributed by atoms with Crippen LogP contribution < -0.4 is 0 Å². The number of hydrogen-bond donors (Lipinski definition) is 0. The smallest absolute Gasteiger partial charge is 0.204 e. The number of halogens is 1. The first-order valence-corrected chi connectivity index (χ1v) is 5.79. The summed E-state index contributed by atoms with van der Waals surface area (Å²) in [4.78, 5) is 12.6. The highest BCUT2D eigenvalue weighted by atomic mass is 35.5. The molecule has 0 fully saturated rings. The van der Waals surface area contributed by atoms with E-state index in [4.69, 9.17) is 11.6 Å². The van der Waals surface area contributed by atoms with Gasteiger partial charge in [0.05, 0.1) is 9.90 Å². The van der Waals surface area contributed by atoms with Crippen LogP contribution >= 0.6 is 22.9 Å². The van der Waals surface area contributed by atoms with Crippen LogP contribution in [-0.2, 0) is 0 Å². The molecule has 0 aliphatic carbocycles. The van der Waals surface area contributed by atoms with E-state index in [9.17, 15) is 4.79 Å². The molecule has 1 aromatic heterocycles. The molecule has 2 aromatic rings. The molecule has 0 amide bonds. The van der Waals surface area contributed by atoms with Crippen LogP contribution in [0.5, 0.6) is 0 Å². The molecule has 0 aliphatic rings. The summed E-state index contributed by atoms with van der Waals surface area (Å²) in [7, 11) is 0. The zero-order valence-electron chi connectivity index (χ0n) is 8.16. The van der Waals surface area contributed by atoms with Crippen molar-refractivity contribution < 1.29 is 4.79 Å². The normalized spacial score (nSPS) is 10.3. The number of ketones is 1. The third kappa shape index (κ3) is 1.96. The maximum Gasteiger partial charge on any atom is 0.204 e. The van der Waals surface area contributed by atoms with E-state index in [0.717, 1.165) is 5.56 Å². The Kier molecular flexibility index (Phi) is 2.89. The highest BCUT2D eigenvalue weighted by molar-refractivity contribution is 7.13. The molecule has 0 radical (unpaired) electrons. The van der Waals surface area contributed by atoms with Crippen molar-refractivity contribution >= 4 is 28.7 Å². The van der Waals surface area contributed by atoms with Gasteiger partial charge >= 0.3 is 0 Å². The van der Waals surface area contributed by atoms with Gasteiger partial charge in [-0.15, -0.1) is 11.3 Å². The number of carbonyl (C=O) groups is 1. The van der Waals surface area contributed by atoms with E-state index < -0.39 is 0 Å². The van der Waals surface area contributed by atoms with Crippen LogP contribution in [0.15, 0.2) is 35.7 Å². The van der Waals surface area contributed by atoms with Crippen LogP contribution in [0.2, 0.25) is 5.02 Å². The molecule has 0 saturated carbocycles. The van der Waals surface area contributed by atoms with Crippen molar-refractivity contribution in [3.63, 3.8) is 0 Å². The van der Waals surface area contributed by atoms with Crippen LogP contribution in [0, 0.1) is 6.92 Å². The predicted molar refractivity (Wildman–Crippen MR) is 63.9 cm³/mol. The molecule has 0 atom stereocenters. The largest absolute Gasteiger partial charge is 0.288 e. The molecule has 1 nitrogen and oxygen atoms in total. The fourth-order valence-corrected chi connectivity index (χ4v) is 2.54. The molecule has 15 heavy (non-hydrogen) atoms. The minimum atomic E-state index is -0.00120. The molecule has 0 bridgehead atoms. The summed E-state index contributed by atoms with van der Waals surface area (Å²) in [6, 6.07) is 9.18. The Morgan fingerprint density at radius 3 is 2.47 bits per heavy atom. The third-order valence-corrected chi connectivity index (χ3v) is 3.84. The number of hydrogen-bond acceptors (Lipinski definition) is 2. The number of thiophene rings is 1. The monoisotopic (exact) mass is 236 g/mol. The molecule has 0 N–H and O–H groups in total. The van der Waals surface area contributed by atoms with E-state index >= 15 is 0 Å². The lowest BCUT2D eigenvalue weighted by atomic mass is 10.1. The van der Waals surface area contributed by atoms with Crippen molar-refractivity contribution in [1.82, 2.24) is 0 Å². The van der Waals surface area contributed by atoms with Crippen molar-refractivity contribution in [2.24, 2.45) is 0 Å². The lowest BCUT2D eigenvalue weighted by molar-refractivity contribution is 0.104. The number of aryl methyl sites for hydroxylation is 1. The van der Waals surface area contributed by atoms with Crippen molar-refractivity contribution in [3.8, 4) is 0 Å².